The summed E-state index contributed by atoms with van der Waals surface area (Å²) in [5.74, 6) is -0.830. The van der Waals surface area contributed by atoms with Gasteiger partial charge in [-0.3, -0.25) is 0 Å². The Morgan fingerprint density at radius 2 is 2.50 bits per heavy atom. The third-order valence-electron chi connectivity index (χ3n) is 2.92. The van der Waals surface area contributed by atoms with Crippen molar-refractivity contribution in [3.63, 3.8) is 0 Å². The Balaban J connectivity index is 2.23. The summed E-state index contributed by atoms with van der Waals surface area (Å²) in [5, 5.41) is 12.8. The lowest BCUT2D eigenvalue weighted by atomic mass is 9.88. The van der Waals surface area contributed by atoms with Gasteiger partial charge in [-0.25, -0.2) is 0 Å². The Morgan fingerprint density at radius 1 is 1.70 bits per heavy atom. The van der Waals surface area contributed by atoms with Crippen molar-refractivity contribution in [2.24, 2.45) is 5.41 Å². The van der Waals surface area contributed by atoms with E-state index in [2.05, 4.69) is 5.32 Å². The van der Waals surface area contributed by atoms with Crippen LogP contribution in [-0.4, -0.2) is 18.6 Å². The van der Waals surface area contributed by atoms with Crippen LogP contribution in [0.4, 0.5) is 0 Å². The van der Waals surface area contributed by atoms with Gasteiger partial charge < -0.3 is 15.2 Å². The van der Waals surface area contributed by atoms with E-state index in [1.807, 2.05) is 0 Å². The summed E-state index contributed by atoms with van der Waals surface area (Å²) in [6, 6.07) is 0.581. The molecule has 0 aromatic carbocycles. The molecule has 2 fully saturated rings. The summed E-state index contributed by atoms with van der Waals surface area (Å²) in [6.45, 7) is 0.750. The Kier molecular flexibility index (Phi) is 1.06. The van der Waals surface area contributed by atoms with Crippen LogP contribution in [0.1, 0.15) is 19.3 Å². The monoisotopic (exact) mass is 141 g/mol. The predicted octanol–water partition coefficient (Wildman–Crippen LogP) is -2.15. The lowest BCUT2D eigenvalue weighted by Crippen LogP contribution is -2.89. The van der Waals surface area contributed by atoms with Crippen molar-refractivity contribution in [3.8, 4) is 0 Å². The zero-order valence-electron chi connectivity index (χ0n) is 5.80. The third kappa shape index (κ3) is 0.611. The molecule has 0 aromatic heterocycles. The molecule has 2 unspecified atom stereocenters. The summed E-state index contributed by atoms with van der Waals surface area (Å²) in [4.78, 5) is 10.7. The molecule has 1 saturated carbocycles. The summed E-state index contributed by atoms with van der Waals surface area (Å²) in [6.07, 6.45) is 2.75. The molecule has 1 aliphatic heterocycles. The van der Waals surface area contributed by atoms with Crippen molar-refractivity contribution in [1.29, 1.82) is 0 Å². The molecule has 2 N–H and O–H groups in total. The molecule has 10 heavy (non-hydrogen) atoms. The smallest absolute Gasteiger partial charge is 0.0871 e. The van der Waals surface area contributed by atoms with Crippen molar-refractivity contribution in [2.45, 2.75) is 25.3 Å². The number of nitrogens with two attached hydrogens (primary N) is 1. The highest BCUT2D eigenvalue weighted by molar-refractivity contribution is 5.73. The summed E-state index contributed by atoms with van der Waals surface area (Å²) < 4.78 is 0. The van der Waals surface area contributed by atoms with Crippen LogP contribution in [0.3, 0.4) is 0 Å². The van der Waals surface area contributed by atoms with Gasteiger partial charge in [-0.15, -0.1) is 0 Å². The minimum absolute atomic E-state index is 0.440. The number of hydrogen-bond acceptors (Lipinski definition) is 2. The van der Waals surface area contributed by atoms with Crippen LogP contribution in [-0.2, 0) is 4.79 Å². The number of carboxylic acids is 1. The average molecular weight is 141 g/mol. The molecule has 1 heterocycles. The molecule has 56 valence electrons. The first-order valence-corrected chi connectivity index (χ1v) is 3.78. The predicted molar refractivity (Wildman–Crippen MR) is 31.9 cm³/mol. The topological polar surface area (TPSA) is 56.7 Å². The minimum Gasteiger partial charge on any atom is -0.549 e. The van der Waals surface area contributed by atoms with Crippen molar-refractivity contribution in [2.75, 3.05) is 6.54 Å². The van der Waals surface area contributed by atoms with Crippen molar-refractivity contribution < 1.29 is 15.2 Å². The number of carbonyl (C=O) groups is 1. The molecule has 2 bridgehead atoms. The number of piperidine rings is 1. The maximum Gasteiger partial charge on any atom is 0.0871 e. The Labute approximate surface area is 59.4 Å². The standard InChI is InChI=1S/C7H11NO2/c9-6(10)7-2-1-5(3-7)8-4-7/h5,8H,1-4H2,(H,9,10). The fourth-order valence-corrected chi connectivity index (χ4v) is 2.22. The van der Waals surface area contributed by atoms with Crippen LogP contribution in [0.15, 0.2) is 0 Å². The largest absolute Gasteiger partial charge is 0.549 e. The molecule has 2 rings (SSSR count). The molecule has 3 heteroatoms. The van der Waals surface area contributed by atoms with Gasteiger partial charge in [0.05, 0.1) is 24.0 Å². The van der Waals surface area contributed by atoms with E-state index in [1.54, 1.807) is 0 Å². The first-order chi connectivity index (χ1) is 4.73. The first-order valence-electron chi connectivity index (χ1n) is 3.78. The highest BCUT2D eigenvalue weighted by Crippen LogP contribution is 2.38. The average Bonchev–Trinajstić information content (AvgIpc) is 2.45. The van der Waals surface area contributed by atoms with Gasteiger partial charge in [0.25, 0.3) is 0 Å². The molecule has 0 spiro atoms. The van der Waals surface area contributed by atoms with E-state index in [-0.39, 0.29) is 0 Å². The molecule has 2 aliphatic rings. The van der Waals surface area contributed by atoms with E-state index in [0.717, 1.165) is 25.8 Å². The van der Waals surface area contributed by atoms with Gasteiger partial charge in [-0.1, -0.05) is 0 Å². The molecular formula is C7H11NO2. The Hall–Kier alpha value is -0.570. The van der Waals surface area contributed by atoms with Crippen LogP contribution >= 0.6 is 0 Å². The fourth-order valence-electron chi connectivity index (χ4n) is 2.22. The number of carbonyl (C=O) groups excluding carboxylic acids is 1. The fraction of sp³-hybridized carbons (Fsp3) is 0.857. The zero-order chi connectivity index (χ0) is 7.19. The molecule has 0 radical (unpaired) electrons. The SMILES string of the molecule is O=C([O-])C12CCC(C1)[NH2+]C2. The van der Waals surface area contributed by atoms with Gasteiger partial charge in [0.15, 0.2) is 0 Å². The van der Waals surface area contributed by atoms with E-state index in [4.69, 9.17) is 0 Å². The van der Waals surface area contributed by atoms with E-state index in [0.29, 0.717) is 6.04 Å². The maximum absolute atomic E-state index is 10.7. The molecule has 1 aliphatic carbocycles. The molecule has 0 aromatic rings. The van der Waals surface area contributed by atoms with Gasteiger partial charge in [0.2, 0.25) is 0 Å². The number of fused-ring (bicyclic) bond motifs is 2. The summed E-state index contributed by atoms with van der Waals surface area (Å²) in [5.41, 5.74) is -0.440. The molecule has 0 amide bonds. The first kappa shape index (κ1) is 6.16. The van der Waals surface area contributed by atoms with Gasteiger partial charge in [0, 0.05) is 12.8 Å². The summed E-state index contributed by atoms with van der Waals surface area (Å²) >= 11 is 0. The molecule has 1 saturated heterocycles. The van der Waals surface area contributed by atoms with Crippen LogP contribution in [0.5, 0.6) is 0 Å². The van der Waals surface area contributed by atoms with Gasteiger partial charge in [-0.2, -0.15) is 0 Å². The zero-order valence-corrected chi connectivity index (χ0v) is 5.80. The van der Waals surface area contributed by atoms with Crippen LogP contribution < -0.4 is 10.4 Å². The number of aliphatic carboxylic acids is 1. The highest BCUT2D eigenvalue weighted by Gasteiger charge is 2.49. The van der Waals surface area contributed by atoms with Crippen molar-refractivity contribution >= 4 is 5.97 Å². The van der Waals surface area contributed by atoms with E-state index >= 15 is 0 Å². The van der Waals surface area contributed by atoms with Crippen LogP contribution in [0.25, 0.3) is 0 Å². The Morgan fingerprint density at radius 3 is 2.70 bits per heavy atom. The van der Waals surface area contributed by atoms with E-state index < -0.39 is 11.4 Å². The van der Waals surface area contributed by atoms with Gasteiger partial charge >= 0.3 is 0 Å². The van der Waals surface area contributed by atoms with Crippen LogP contribution in [0.2, 0.25) is 0 Å². The lowest BCUT2D eigenvalue weighted by Gasteiger charge is -2.24. The van der Waals surface area contributed by atoms with E-state index in [9.17, 15) is 9.90 Å². The molecule has 3 nitrogen and oxygen atoms in total. The second-order valence-corrected chi connectivity index (χ2v) is 3.51. The number of carboxylic acid groups (broad SMARTS) is 1. The van der Waals surface area contributed by atoms with Crippen molar-refractivity contribution in [1.82, 2.24) is 0 Å². The maximum atomic E-state index is 10.7. The molecular weight excluding hydrogens is 130 g/mol. The Bertz CT molecular complexity index is 170. The van der Waals surface area contributed by atoms with Gasteiger partial charge in [-0.05, 0) is 6.42 Å². The lowest BCUT2D eigenvalue weighted by molar-refractivity contribution is -0.680. The third-order valence-corrected chi connectivity index (χ3v) is 2.92. The van der Waals surface area contributed by atoms with Crippen molar-refractivity contribution in [3.05, 3.63) is 0 Å². The highest BCUT2D eigenvalue weighted by atomic mass is 16.4. The normalized spacial score (nSPS) is 44.2. The number of rotatable bonds is 1. The number of hydrogen-bond donors (Lipinski definition) is 1. The minimum atomic E-state index is -0.830. The number of quaternary nitrogens is 1. The van der Waals surface area contributed by atoms with Gasteiger partial charge in [0.1, 0.15) is 0 Å². The quantitative estimate of drug-likeness (QED) is 0.452. The van der Waals surface area contributed by atoms with Crippen LogP contribution in [0, 0.1) is 5.41 Å². The summed E-state index contributed by atoms with van der Waals surface area (Å²) in [7, 11) is 0. The second kappa shape index (κ2) is 1.72. The second-order valence-electron chi connectivity index (χ2n) is 3.51. The van der Waals surface area contributed by atoms with E-state index in [1.165, 1.54) is 0 Å². The molecule has 2 atom stereocenters.